The molecule has 0 aliphatic carbocycles. The first-order chi connectivity index (χ1) is 10.1. The number of Topliss-reactive ketones (excluding diaryl/α,β-unsaturated/α-hetero) is 1. The molecule has 106 valence electrons. The molecule has 3 rings (SSSR count). The highest BCUT2D eigenvalue weighted by atomic mass is 16.5. The Hall–Kier alpha value is -2.69. The number of aromatic nitrogens is 2. The Bertz CT molecular complexity index is 808. The summed E-state index contributed by atoms with van der Waals surface area (Å²) in [6, 6.07) is 8.85. The number of phenols is 1. The SMILES string of the molecule is Cc1cc(CCC(=O)c2ccc3cccnc3c2O)no1. The number of fused-ring (bicyclic) bond motifs is 1. The predicted octanol–water partition coefficient (Wildman–Crippen LogP) is 3.05. The maximum absolute atomic E-state index is 12.2. The van der Waals surface area contributed by atoms with E-state index in [1.54, 1.807) is 37.4 Å². The third-order valence-corrected chi connectivity index (χ3v) is 3.33. The summed E-state index contributed by atoms with van der Waals surface area (Å²) >= 11 is 0. The van der Waals surface area contributed by atoms with E-state index in [2.05, 4.69) is 10.1 Å². The highest BCUT2D eigenvalue weighted by Gasteiger charge is 2.15. The summed E-state index contributed by atoms with van der Waals surface area (Å²) in [5.74, 6) is 0.519. The Morgan fingerprint density at radius 2 is 2.19 bits per heavy atom. The predicted molar refractivity (Wildman–Crippen MR) is 77.3 cm³/mol. The molecule has 0 spiro atoms. The van der Waals surface area contributed by atoms with Gasteiger partial charge in [-0.1, -0.05) is 17.3 Å². The van der Waals surface area contributed by atoms with Gasteiger partial charge in [-0.2, -0.15) is 0 Å². The number of carbonyl (C=O) groups excluding carboxylic acids is 1. The number of aryl methyl sites for hydroxylation is 2. The van der Waals surface area contributed by atoms with Gasteiger partial charge in [0.2, 0.25) is 0 Å². The number of aromatic hydroxyl groups is 1. The molecule has 2 heterocycles. The summed E-state index contributed by atoms with van der Waals surface area (Å²) in [7, 11) is 0. The molecule has 3 aromatic rings. The van der Waals surface area contributed by atoms with Gasteiger partial charge in [0.15, 0.2) is 11.5 Å². The van der Waals surface area contributed by atoms with Crippen LogP contribution in [0.4, 0.5) is 0 Å². The zero-order chi connectivity index (χ0) is 14.8. The van der Waals surface area contributed by atoms with Crippen LogP contribution >= 0.6 is 0 Å². The van der Waals surface area contributed by atoms with Gasteiger partial charge in [0.05, 0.1) is 11.3 Å². The number of phenolic OH excluding ortho intramolecular Hbond substituents is 1. The van der Waals surface area contributed by atoms with Gasteiger partial charge >= 0.3 is 0 Å². The first-order valence-electron chi connectivity index (χ1n) is 6.67. The number of benzene rings is 1. The average Bonchev–Trinajstić information content (AvgIpc) is 2.91. The Morgan fingerprint density at radius 1 is 1.33 bits per heavy atom. The van der Waals surface area contributed by atoms with Crippen LogP contribution < -0.4 is 0 Å². The lowest BCUT2D eigenvalue weighted by molar-refractivity contribution is 0.0980. The van der Waals surface area contributed by atoms with Crippen molar-refractivity contribution in [3.8, 4) is 5.75 Å². The number of hydrogen-bond donors (Lipinski definition) is 1. The summed E-state index contributed by atoms with van der Waals surface area (Å²) in [6.07, 6.45) is 2.34. The van der Waals surface area contributed by atoms with Gasteiger partial charge in [-0.25, -0.2) is 0 Å². The molecule has 2 aromatic heterocycles. The van der Waals surface area contributed by atoms with Crippen molar-refractivity contribution < 1.29 is 14.4 Å². The molecule has 0 amide bonds. The van der Waals surface area contributed by atoms with Crippen LogP contribution in [0, 0.1) is 6.92 Å². The molecule has 0 saturated carbocycles. The molecular formula is C16H14N2O3. The summed E-state index contributed by atoms with van der Waals surface area (Å²) < 4.78 is 4.96. The lowest BCUT2D eigenvalue weighted by Gasteiger charge is -2.06. The van der Waals surface area contributed by atoms with E-state index in [-0.39, 0.29) is 18.0 Å². The second-order valence-electron chi connectivity index (χ2n) is 4.89. The Kier molecular flexibility index (Phi) is 3.39. The summed E-state index contributed by atoms with van der Waals surface area (Å²) in [5, 5.41) is 14.9. The number of hydrogen-bond acceptors (Lipinski definition) is 5. The largest absolute Gasteiger partial charge is 0.505 e. The number of ketones is 1. The van der Waals surface area contributed by atoms with Crippen molar-refractivity contribution in [2.75, 3.05) is 0 Å². The van der Waals surface area contributed by atoms with E-state index in [9.17, 15) is 9.90 Å². The highest BCUT2D eigenvalue weighted by Crippen LogP contribution is 2.27. The number of pyridine rings is 1. The number of nitrogens with zero attached hydrogens (tertiary/aromatic N) is 2. The molecule has 0 atom stereocenters. The van der Waals surface area contributed by atoms with Crippen molar-refractivity contribution in [3.05, 3.63) is 53.5 Å². The van der Waals surface area contributed by atoms with Crippen molar-refractivity contribution in [2.24, 2.45) is 0 Å². The van der Waals surface area contributed by atoms with Crippen LogP contribution in [0.2, 0.25) is 0 Å². The molecule has 21 heavy (non-hydrogen) atoms. The highest BCUT2D eigenvalue weighted by molar-refractivity contribution is 6.03. The van der Waals surface area contributed by atoms with Gasteiger partial charge in [-0.05, 0) is 19.1 Å². The average molecular weight is 282 g/mol. The van der Waals surface area contributed by atoms with Gasteiger partial charge < -0.3 is 9.63 Å². The summed E-state index contributed by atoms with van der Waals surface area (Å²) in [5.41, 5.74) is 1.47. The minimum atomic E-state index is -0.138. The molecule has 0 saturated heterocycles. The van der Waals surface area contributed by atoms with E-state index in [0.717, 1.165) is 16.8 Å². The molecular weight excluding hydrogens is 268 g/mol. The lowest BCUT2D eigenvalue weighted by Crippen LogP contribution is -2.02. The molecule has 0 aliphatic heterocycles. The lowest BCUT2D eigenvalue weighted by atomic mass is 10.0. The normalized spacial score (nSPS) is 10.9. The van der Waals surface area contributed by atoms with Crippen molar-refractivity contribution in [1.82, 2.24) is 10.1 Å². The second kappa shape index (κ2) is 5.36. The van der Waals surface area contributed by atoms with Crippen LogP contribution in [0.15, 0.2) is 41.1 Å². The molecule has 1 aromatic carbocycles. The molecule has 0 unspecified atom stereocenters. The fraction of sp³-hybridized carbons (Fsp3) is 0.188. The van der Waals surface area contributed by atoms with Crippen molar-refractivity contribution in [3.63, 3.8) is 0 Å². The van der Waals surface area contributed by atoms with Crippen LogP contribution in [0.1, 0.15) is 28.2 Å². The first kappa shape index (κ1) is 13.3. The van der Waals surface area contributed by atoms with E-state index in [0.29, 0.717) is 17.5 Å². The van der Waals surface area contributed by atoms with E-state index >= 15 is 0 Å². The van der Waals surface area contributed by atoms with Crippen molar-refractivity contribution in [1.29, 1.82) is 0 Å². The topological polar surface area (TPSA) is 76.2 Å². The maximum atomic E-state index is 12.2. The van der Waals surface area contributed by atoms with Crippen LogP contribution in [0.3, 0.4) is 0 Å². The number of carbonyl (C=O) groups is 1. The molecule has 0 fully saturated rings. The third-order valence-electron chi connectivity index (χ3n) is 3.33. The standard InChI is InChI=1S/C16H14N2O3/c1-10-9-12(18-21-10)5-7-14(19)13-6-4-11-3-2-8-17-15(11)16(13)20/h2-4,6,8-9,20H,5,7H2,1H3. The molecule has 0 bridgehead atoms. The Balaban J connectivity index is 1.82. The van der Waals surface area contributed by atoms with Crippen LogP contribution in [-0.2, 0) is 6.42 Å². The van der Waals surface area contributed by atoms with Gasteiger partial charge in [0, 0.05) is 30.5 Å². The van der Waals surface area contributed by atoms with Crippen LogP contribution in [-0.4, -0.2) is 21.0 Å². The minimum absolute atomic E-state index is 0.0607. The third kappa shape index (κ3) is 2.63. The van der Waals surface area contributed by atoms with E-state index < -0.39 is 0 Å². The Morgan fingerprint density at radius 3 is 2.95 bits per heavy atom. The maximum Gasteiger partial charge on any atom is 0.167 e. The zero-order valence-electron chi connectivity index (χ0n) is 11.5. The van der Waals surface area contributed by atoms with Gasteiger partial charge in [0.25, 0.3) is 0 Å². The minimum Gasteiger partial charge on any atom is -0.505 e. The van der Waals surface area contributed by atoms with E-state index in [1.165, 1.54) is 0 Å². The van der Waals surface area contributed by atoms with Gasteiger partial charge in [-0.15, -0.1) is 0 Å². The van der Waals surface area contributed by atoms with Gasteiger partial charge in [-0.3, -0.25) is 9.78 Å². The second-order valence-corrected chi connectivity index (χ2v) is 4.89. The molecule has 0 aliphatic rings. The molecule has 0 radical (unpaired) electrons. The zero-order valence-corrected chi connectivity index (χ0v) is 11.5. The van der Waals surface area contributed by atoms with Gasteiger partial charge in [0.1, 0.15) is 11.3 Å². The molecule has 5 heteroatoms. The van der Waals surface area contributed by atoms with Crippen LogP contribution in [0.25, 0.3) is 10.9 Å². The molecule has 5 nitrogen and oxygen atoms in total. The quantitative estimate of drug-likeness (QED) is 0.744. The van der Waals surface area contributed by atoms with Crippen molar-refractivity contribution >= 4 is 16.7 Å². The Labute approximate surface area is 121 Å². The fourth-order valence-electron chi connectivity index (χ4n) is 2.27. The van der Waals surface area contributed by atoms with E-state index in [1.807, 2.05) is 6.07 Å². The smallest absolute Gasteiger partial charge is 0.167 e. The van der Waals surface area contributed by atoms with Crippen molar-refractivity contribution in [2.45, 2.75) is 19.8 Å². The van der Waals surface area contributed by atoms with Crippen LogP contribution in [0.5, 0.6) is 5.75 Å². The molecule has 1 N–H and O–H groups in total. The number of rotatable bonds is 4. The van der Waals surface area contributed by atoms with E-state index in [4.69, 9.17) is 4.52 Å². The first-order valence-corrected chi connectivity index (χ1v) is 6.67. The fourth-order valence-corrected chi connectivity index (χ4v) is 2.27. The summed E-state index contributed by atoms with van der Waals surface area (Å²) in [6.45, 7) is 1.80. The monoisotopic (exact) mass is 282 g/mol. The summed E-state index contributed by atoms with van der Waals surface area (Å²) in [4.78, 5) is 16.4.